The SMILES string of the molecule is Cc1cn2[nH]ccc2n1. The number of aromatic nitrogens is 3. The van der Waals surface area contributed by atoms with E-state index in [0.717, 1.165) is 11.3 Å². The number of nitrogens with one attached hydrogen (secondary N) is 1. The Morgan fingerprint density at radius 3 is 3.33 bits per heavy atom. The third-order valence-electron chi connectivity index (χ3n) is 1.30. The van der Waals surface area contributed by atoms with Crippen LogP contribution in [0.25, 0.3) is 5.65 Å². The first-order valence-corrected chi connectivity index (χ1v) is 2.85. The van der Waals surface area contributed by atoms with Crippen LogP contribution >= 0.6 is 0 Å². The van der Waals surface area contributed by atoms with E-state index in [1.807, 2.05) is 29.9 Å². The van der Waals surface area contributed by atoms with Crippen LogP contribution in [0.15, 0.2) is 18.5 Å². The molecular formula is C6H7N3. The highest BCUT2D eigenvalue weighted by Gasteiger charge is 1.93. The van der Waals surface area contributed by atoms with Gasteiger partial charge < -0.3 is 5.10 Å². The molecule has 0 bridgehead atoms. The van der Waals surface area contributed by atoms with E-state index < -0.39 is 0 Å². The molecule has 0 saturated carbocycles. The highest BCUT2D eigenvalue weighted by atomic mass is 15.2. The lowest BCUT2D eigenvalue weighted by Crippen LogP contribution is -1.75. The minimum atomic E-state index is 0.979. The van der Waals surface area contributed by atoms with Crippen molar-refractivity contribution in [1.29, 1.82) is 0 Å². The molecule has 0 amide bonds. The van der Waals surface area contributed by atoms with Crippen LogP contribution in [0.5, 0.6) is 0 Å². The van der Waals surface area contributed by atoms with Gasteiger partial charge in [0, 0.05) is 18.5 Å². The summed E-state index contributed by atoms with van der Waals surface area (Å²) in [6.45, 7) is 1.97. The van der Waals surface area contributed by atoms with Gasteiger partial charge >= 0.3 is 0 Å². The fraction of sp³-hybridized carbons (Fsp3) is 0.167. The van der Waals surface area contributed by atoms with Crippen LogP contribution < -0.4 is 0 Å². The van der Waals surface area contributed by atoms with Gasteiger partial charge in [-0.05, 0) is 6.92 Å². The van der Waals surface area contributed by atoms with Crippen molar-refractivity contribution in [1.82, 2.24) is 14.6 Å². The van der Waals surface area contributed by atoms with E-state index in [1.54, 1.807) is 0 Å². The molecule has 2 rings (SSSR count). The molecule has 0 atom stereocenters. The fourth-order valence-corrected chi connectivity index (χ4v) is 0.929. The summed E-state index contributed by atoms with van der Waals surface area (Å²) in [5.41, 5.74) is 2.02. The molecule has 3 heteroatoms. The fourth-order valence-electron chi connectivity index (χ4n) is 0.929. The van der Waals surface area contributed by atoms with Crippen molar-refractivity contribution in [2.24, 2.45) is 0 Å². The standard InChI is InChI=1S/C6H7N3/c1-5-4-9-6(8-5)2-3-7-9/h2-4,7H,1H3. The lowest BCUT2D eigenvalue weighted by molar-refractivity contribution is 0.971. The second-order valence-corrected chi connectivity index (χ2v) is 2.07. The second-order valence-electron chi connectivity index (χ2n) is 2.07. The van der Waals surface area contributed by atoms with Crippen molar-refractivity contribution in [2.75, 3.05) is 0 Å². The summed E-state index contributed by atoms with van der Waals surface area (Å²) in [6, 6.07) is 1.94. The van der Waals surface area contributed by atoms with Crippen molar-refractivity contribution in [3.05, 3.63) is 24.2 Å². The average Bonchev–Trinajstić information content (AvgIpc) is 2.22. The third-order valence-corrected chi connectivity index (χ3v) is 1.30. The molecule has 46 valence electrons. The number of imidazole rings is 1. The minimum Gasteiger partial charge on any atom is -0.300 e. The van der Waals surface area contributed by atoms with Crippen LogP contribution in [-0.2, 0) is 0 Å². The highest BCUT2D eigenvalue weighted by molar-refractivity contribution is 5.37. The largest absolute Gasteiger partial charge is 0.300 e. The summed E-state index contributed by atoms with van der Waals surface area (Å²) in [6.07, 6.45) is 3.82. The molecule has 2 aromatic heterocycles. The molecule has 0 aliphatic carbocycles. The zero-order valence-corrected chi connectivity index (χ0v) is 5.13. The number of fused-ring (bicyclic) bond motifs is 1. The molecule has 0 aliphatic rings. The summed E-state index contributed by atoms with van der Waals surface area (Å²) >= 11 is 0. The zero-order valence-electron chi connectivity index (χ0n) is 5.13. The Balaban J connectivity index is 2.92. The summed E-state index contributed by atoms with van der Waals surface area (Å²) < 4.78 is 1.88. The van der Waals surface area contributed by atoms with Crippen molar-refractivity contribution in [3.8, 4) is 0 Å². The Bertz CT molecular complexity index is 289. The van der Waals surface area contributed by atoms with Gasteiger partial charge in [-0.15, -0.1) is 0 Å². The molecule has 1 N–H and O–H groups in total. The molecule has 0 spiro atoms. The maximum absolute atomic E-state index is 4.20. The topological polar surface area (TPSA) is 33.1 Å². The predicted octanol–water partition coefficient (Wildman–Crippen LogP) is 0.971. The van der Waals surface area contributed by atoms with Gasteiger partial charge in [0.25, 0.3) is 0 Å². The number of aryl methyl sites for hydroxylation is 1. The van der Waals surface area contributed by atoms with Crippen molar-refractivity contribution < 1.29 is 0 Å². The van der Waals surface area contributed by atoms with Gasteiger partial charge in [-0.25, -0.2) is 9.50 Å². The van der Waals surface area contributed by atoms with Crippen molar-refractivity contribution in [3.63, 3.8) is 0 Å². The molecule has 3 nitrogen and oxygen atoms in total. The zero-order chi connectivity index (χ0) is 6.27. The van der Waals surface area contributed by atoms with Crippen molar-refractivity contribution in [2.45, 2.75) is 6.92 Å². The van der Waals surface area contributed by atoms with Gasteiger partial charge in [-0.2, -0.15) is 0 Å². The van der Waals surface area contributed by atoms with Crippen LogP contribution in [0.1, 0.15) is 5.69 Å². The highest BCUT2D eigenvalue weighted by Crippen LogP contribution is 1.99. The lowest BCUT2D eigenvalue weighted by Gasteiger charge is -1.75. The molecule has 0 saturated heterocycles. The quantitative estimate of drug-likeness (QED) is 0.553. The lowest BCUT2D eigenvalue weighted by atomic mass is 10.6. The number of rotatable bonds is 0. The molecule has 9 heavy (non-hydrogen) atoms. The normalized spacial score (nSPS) is 10.8. The van der Waals surface area contributed by atoms with E-state index in [2.05, 4.69) is 10.1 Å². The number of H-pyrrole nitrogens is 1. The molecule has 0 fully saturated rings. The Labute approximate surface area is 52.3 Å². The molecule has 2 aromatic rings. The molecule has 2 heterocycles. The van der Waals surface area contributed by atoms with Gasteiger partial charge in [0.2, 0.25) is 0 Å². The maximum atomic E-state index is 4.20. The van der Waals surface area contributed by atoms with E-state index in [9.17, 15) is 0 Å². The van der Waals surface area contributed by atoms with E-state index in [0.29, 0.717) is 0 Å². The van der Waals surface area contributed by atoms with Crippen molar-refractivity contribution >= 4 is 5.65 Å². The number of aromatic amines is 1. The monoisotopic (exact) mass is 121 g/mol. The van der Waals surface area contributed by atoms with E-state index in [1.165, 1.54) is 0 Å². The Kier molecular flexibility index (Phi) is 0.704. The van der Waals surface area contributed by atoms with Gasteiger partial charge in [-0.3, -0.25) is 0 Å². The summed E-state index contributed by atoms with van der Waals surface area (Å²) in [7, 11) is 0. The summed E-state index contributed by atoms with van der Waals surface area (Å²) in [5.74, 6) is 0. The van der Waals surface area contributed by atoms with Gasteiger partial charge in [0.05, 0.1) is 5.69 Å². The smallest absolute Gasteiger partial charge is 0.153 e. The summed E-state index contributed by atoms with van der Waals surface area (Å²) in [4.78, 5) is 4.20. The minimum absolute atomic E-state index is 0.979. The average molecular weight is 121 g/mol. The summed E-state index contributed by atoms with van der Waals surface area (Å²) in [5, 5.41) is 2.99. The van der Waals surface area contributed by atoms with E-state index in [4.69, 9.17) is 0 Å². The maximum Gasteiger partial charge on any atom is 0.153 e. The predicted molar refractivity (Wildman–Crippen MR) is 34.3 cm³/mol. The van der Waals surface area contributed by atoms with Gasteiger partial charge in [0.15, 0.2) is 5.65 Å². The van der Waals surface area contributed by atoms with Crippen LogP contribution in [0.2, 0.25) is 0 Å². The first-order chi connectivity index (χ1) is 4.36. The first-order valence-electron chi connectivity index (χ1n) is 2.85. The molecule has 0 aliphatic heterocycles. The molecular weight excluding hydrogens is 114 g/mol. The molecule has 0 unspecified atom stereocenters. The van der Waals surface area contributed by atoms with Gasteiger partial charge in [0.1, 0.15) is 0 Å². The number of nitrogens with zero attached hydrogens (tertiary/aromatic N) is 2. The molecule has 0 radical (unpaired) electrons. The van der Waals surface area contributed by atoms with Crippen LogP contribution in [0.3, 0.4) is 0 Å². The Morgan fingerprint density at radius 1 is 1.67 bits per heavy atom. The second kappa shape index (κ2) is 1.37. The first kappa shape index (κ1) is 4.61. The van der Waals surface area contributed by atoms with E-state index in [-0.39, 0.29) is 0 Å². The van der Waals surface area contributed by atoms with E-state index >= 15 is 0 Å². The number of hydrogen-bond donors (Lipinski definition) is 1. The van der Waals surface area contributed by atoms with Gasteiger partial charge in [-0.1, -0.05) is 0 Å². The number of hydrogen-bond acceptors (Lipinski definition) is 1. The van der Waals surface area contributed by atoms with Crippen LogP contribution in [-0.4, -0.2) is 14.6 Å². The Morgan fingerprint density at radius 2 is 2.56 bits per heavy atom. The van der Waals surface area contributed by atoms with Crippen LogP contribution in [0, 0.1) is 6.92 Å². The molecule has 0 aromatic carbocycles. The third kappa shape index (κ3) is 0.543. The van der Waals surface area contributed by atoms with Crippen LogP contribution in [0.4, 0.5) is 0 Å². The Hall–Kier alpha value is -1.25.